The van der Waals surface area contributed by atoms with Gasteiger partial charge in [0, 0.05) is 61.0 Å². The van der Waals surface area contributed by atoms with E-state index in [0.717, 1.165) is 35.2 Å². The van der Waals surface area contributed by atoms with E-state index in [9.17, 15) is 28.6 Å². The summed E-state index contributed by atoms with van der Waals surface area (Å²) < 4.78 is 48.9. The number of carboxylic acids is 1. The molecule has 15 nitrogen and oxygen atoms in total. The fourth-order valence-electron chi connectivity index (χ4n) is 10.4. The minimum atomic E-state index is -3.09. The number of hydrogen-bond donors (Lipinski definition) is 2. The number of β-amino-alcohol motifs (C(OH)–C–C–N with tert-alkyl or cyclic N) is 1. The van der Waals surface area contributed by atoms with Crippen molar-refractivity contribution in [1.82, 2.24) is 34.5 Å². The van der Waals surface area contributed by atoms with Crippen LogP contribution in [-0.2, 0) is 22.6 Å². The van der Waals surface area contributed by atoms with Crippen LogP contribution in [-0.4, -0.2) is 108 Å². The van der Waals surface area contributed by atoms with E-state index in [1.165, 1.54) is 0 Å². The van der Waals surface area contributed by atoms with Crippen LogP contribution in [0.25, 0.3) is 38.8 Å². The molecule has 0 radical (unpaired) electrons. The number of aromatic nitrogens is 5. The molecule has 10 rings (SSSR count). The third-order valence-electron chi connectivity index (χ3n) is 13.9. The number of carbonyl (C=O) groups excluding carboxylic acids is 1. The summed E-state index contributed by atoms with van der Waals surface area (Å²) in [5, 5.41) is 25.9. The zero-order chi connectivity index (χ0) is 48.5. The Morgan fingerprint density at radius 1 is 0.926 bits per heavy atom. The van der Waals surface area contributed by atoms with E-state index in [2.05, 4.69) is 26.9 Å². The van der Waals surface area contributed by atoms with Crippen molar-refractivity contribution in [3.8, 4) is 28.3 Å². The van der Waals surface area contributed by atoms with Crippen molar-refractivity contribution in [3.63, 3.8) is 0 Å². The number of amides is 1. The maximum absolute atomic E-state index is 14.6. The summed E-state index contributed by atoms with van der Waals surface area (Å²) in [6.07, 6.45) is 3.71. The highest BCUT2D eigenvalue weighted by Crippen LogP contribution is 2.55. The van der Waals surface area contributed by atoms with Gasteiger partial charge >= 0.3 is 12.1 Å². The molecule has 3 saturated carbocycles. The molecule has 358 valence electrons. The molecule has 1 saturated heterocycles. The predicted octanol–water partition coefficient (Wildman–Crippen LogP) is 9.89. The van der Waals surface area contributed by atoms with E-state index in [0.29, 0.717) is 84.7 Å². The van der Waals surface area contributed by atoms with Crippen LogP contribution in [0.4, 0.5) is 25.1 Å². The summed E-state index contributed by atoms with van der Waals surface area (Å²) in [5.41, 5.74) is 1.84. The Kier molecular flexibility index (Phi) is 12.1. The number of benzene rings is 3. The van der Waals surface area contributed by atoms with Gasteiger partial charge in [-0.3, -0.25) is 19.6 Å². The number of aliphatic carboxylic acids is 1. The number of carboxylic acid groups (broad SMARTS) is 1. The van der Waals surface area contributed by atoms with Gasteiger partial charge in [-0.25, -0.2) is 33.1 Å². The van der Waals surface area contributed by atoms with Gasteiger partial charge in [0.15, 0.2) is 11.6 Å². The molecule has 68 heavy (non-hydrogen) atoms. The minimum Gasteiger partial charge on any atom is -0.496 e. The van der Waals surface area contributed by atoms with E-state index in [4.69, 9.17) is 30.9 Å². The Morgan fingerprint density at radius 3 is 2.18 bits per heavy atom. The molecular formula is C50H55ClF2N8O7. The van der Waals surface area contributed by atoms with Gasteiger partial charge < -0.3 is 24.4 Å². The van der Waals surface area contributed by atoms with Crippen molar-refractivity contribution in [3.05, 3.63) is 89.0 Å². The minimum absolute atomic E-state index is 0.0717. The second-order valence-corrected chi connectivity index (χ2v) is 20.2. The third-order valence-corrected chi connectivity index (χ3v) is 14.3. The molecule has 0 spiro atoms. The zero-order valence-electron chi connectivity index (χ0n) is 39.1. The molecule has 4 heterocycles. The van der Waals surface area contributed by atoms with Gasteiger partial charge in [0.25, 0.3) is 6.43 Å². The molecule has 0 atom stereocenters. The predicted molar refractivity (Wildman–Crippen MR) is 253 cm³/mol. The quantitative estimate of drug-likeness (QED) is 0.112. The van der Waals surface area contributed by atoms with Gasteiger partial charge in [0.1, 0.15) is 22.6 Å². The molecule has 4 aliphatic rings. The molecule has 3 aromatic heterocycles. The molecule has 1 amide bonds. The first kappa shape index (κ1) is 47.1. The molecule has 1 aliphatic heterocycles. The van der Waals surface area contributed by atoms with E-state index < -0.39 is 40.9 Å². The van der Waals surface area contributed by atoms with Crippen LogP contribution >= 0.6 is 11.6 Å². The standard InChI is InChI=1S/C50H55ClF2N8O7/c1-47(2,3)68-46(64)60(44-41-35(56-43(57-44)42(52)53)20-29(23-54-41)25-59-27-48(4,65)28-59)37-13-9-11-32(40(37)51)31-10-8-12-36-33(31)24-55-61(36)30-21-38(66-6)34(39(22-30)67-7)26-58(5)50-17-14-49(15-18-50,16-19-50)45(62)63/h8-13,20-24,42,65H,14-19,25-28H2,1-7H3,(H,62,63). The fraction of sp³-hybridized carbons (Fsp3) is 0.440. The molecular weight excluding hydrogens is 898 g/mol. The van der Waals surface area contributed by atoms with Crippen LogP contribution in [0, 0.1) is 5.41 Å². The van der Waals surface area contributed by atoms with Crippen LogP contribution in [0.5, 0.6) is 11.5 Å². The van der Waals surface area contributed by atoms with Crippen molar-refractivity contribution < 1.29 is 42.8 Å². The van der Waals surface area contributed by atoms with E-state index in [-0.39, 0.29) is 33.1 Å². The maximum atomic E-state index is 14.6. The molecule has 18 heteroatoms. The summed E-state index contributed by atoms with van der Waals surface area (Å²) in [7, 11) is 5.32. The molecule has 3 aromatic carbocycles. The van der Waals surface area contributed by atoms with Crippen LogP contribution < -0.4 is 14.4 Å². The first-order valence-electron chi connectivity index (χ1n) is 22.6. The highest BCUT2D eigenvalue weighted by Gasteiger charge is 2.54. The molecule has 3 aliphatic carbocycles. The largest absolute Gasteiger partial charge is 0.496 e. The molecule has 6 aromatic rings. The third kappa shape index (κ3) is 8.58. The number of hydrogen-bond acceptors (Lipinski definition) is 12. The van der Waals surface area contributed by atoms with Crippen molar-refractivity contribution in [2.75, 3.05) is 39.3 Å². The van der Waals surface area contributed by atoms with Crippen LogP contribution in [0.3, 0.4) is 0 Å². The van der Waals surface area contributed by atoms with Gasteiger partial charge in [-0.2, -0.15) is 5.10 Å². The number of likely N-dealkylation sites (tertiary alicyclic amines) is 1. The number of halogens is 3. The smallest absolute Gasteiger partial charge is 0.420 e. The van der Waals surface area contributed by atoms with Gasteiger partial charge in [0.2, 0.25) is 0 Å². The van der Waals surface area contributed by atoms with Gasteiger partial charge in [0.05, 0.1) is 64.4 Å². The lowest BCUT2D eigenvalue weighted by Gasteiger charge is -2.55. The number of anilines is 2. The first-order valence-corrected chi connectivity index (χ1v) is 23.0. The zero-order valence-corrected chi connectivity index (χ0v) is 39.9. The van der Waals surface area contributed by atoms with E-state index >= 15 is 0 Å². The second-order valence-electron chi connectivity index (χ2n) is 19.8. The summed E-state index contributed by atoms with van der Waals surface area (Å²) in [4.78, 5) is 44.9. The summed E-state index contributed by atoms with van der Waals surface area (Å²) in [6.45, 7) is 8.62. The number of fused-ring (bicyclic) bond motifs is 5. The number of rotatable bonds is 13. The van der Waals surface area contributed by atoms with Gasteiger partial charge in [-0.05, 0) is 103 Å². The van der Waals surface area contributed by atoms with Crippen molar-refractivity contribution in [2.45, 2.75) is 102 Å². The van der Waals surface area contributed by atoms with Crippen LogP contribution in [0.2, 0.25) is 5.02 Å². The number of aliphatic hydroxyl groups is 1. The monoisotopic (exact) mass is 952 g/mol. The molecule has 0 unspecified atom stereocenters. The normalized spacial score (nSPS) is 20.2. The fourth-order valence-corrected chi connectivity index (χ4v) is 10.7. The Morgan fingerprint density at radius 2 is 1.57 bits per heavy atom. The highest BCUT2D eigenvalue weighted by molar-refractivity contribution is 6.37. The molecule has 4 fully saturated rings. The van der Waals surface area contributed by atoms with Crippen LogP contribution in [0.1, 0.15) is 89.6 Å². The lowest BCUT2D eigenvalue weighted by molar-refractivity contribution is -0.160. The Balaban J connectivity index is 1.08. The van der Waals surface area contributed by atoms with Crippen LogP contribution in [0.15, 0.2) is 67.0 Å². The maximum Gasteiger partial charge on any atom is 0.420 e. The lowest BCUT2D eigenvalue weighted by Crippen LogP contribution is -2.59. The number of alkyl halides is 2. The SMILES string of the molecule is COc1cc(-n2ncc3c(-c4cccc(N(C(=O)OC(C)(C)C)c5nc(C(F)F)nc6cc(CN7CC(C)(O)C7)cnc56)c4Cl)cccc32)cc(OC)c1CN(C)C12CCC(C(=O)O)(CC1)CC2. The summed E-state index contributed by atoms with van der Waals surface area (Å²) in [5.74, 6) is -0.519. The number of methoxy groups -OCH3 is 2. The topological polar surface area (TPSA) is 168 Å². The van der Waals surface area contributed by atoms with E-state index in [1.807, 2.05) is 35.2 Å². The lowest BCUT2D eigenvalue weighted by atomic mass is 9.57. The molecule has 2 N–H and O–H groups in total. The first-order chi connectivity index (χ1) is 32.2. The number of pyridine rings is 1. The number of ether oxygens (including phenoxy) is 3. The average molecular weight is 953 g/mol. The van der Waals surface area contributed by atoms with Gasteiger partial charge in [-0.15, -0.1) is 0 Å². The Hall–Kier alpha value is -6.01. The van der Waals surface area contributed by atoms with Crippen molar-refractivity contribution in [2.24, 2.45) is 5.41 Å². The van der Waals surface area contributed by atoms with E-state index in [1.54, 1.807) is 83.3 Å². The van der Waals surface area contributed by atoms with Gasteiger partial charge in [-0.1, -0.05) is 35.9 Å². The Labute approximate surface area is 397 Å². The Bertz CT molecular complexity index is 2900. The van der Waals surface area contributed by atoms with Crippen molar-refractivity contribution >= 4 is 57.1 Å². The summed E-state index contributed by atoms with van der Waals surface area (Å²) >= 11 is 7.37. The van der Waals surface area contributed by atoms with Crippen molar-refractivity contribution in [1.29, 1.82) is 0 Å². The number of carbonyl (C=O) groups is 2. The number of nitrogens with zero attached hydrogens (tertiary/aromatic N) is 8. The second kappa shape index (κ2) is 17.5. The average Bonchev–Trinajstić information content (AvgIpc) is 3.73. The highest BCUT2D eigenvalue weighted by atomic mass is 35.5. The summed E-state index contributed by atoms with van der Waals surface area (Å²) in [6, 6.07) is 16.2. The molecule has 2 bridgehead atoms.